The summed E-state index contributed by atoms with van der Waals surface area (Å²) < 4.78 is 3.18. The topological polar surface area (TPSA) is 58.2 Å². The van der Waals surface area contributed by atoms with Crippen LogP contribution in [0.1, 0.15) is 33.6 Å². The minimum absolute atomic E-state index is 0.0161. The van der Waals surface area contributed by atoms with Crippen molar-refractivity contribution in [1.29, 1.82) is 0 Å². The molecular weight excluding hydrogens is 631 g/mol. The van der Waals surface area contributed by atoms with Gasteiger partial charge < -0.3 is 0 Å². The number of hydrogen-bond donors (Lipinski definition) is 2. The molecule has 0 aliphatic heterocycles. The summed E-state index contributed by atoms with van der Waals surface area (Å²) >= 11 is -1.31. The van der Waals surface area contributed by atoms with E-state index < -0.39 is 39.4 Å². The van der Waals surface area contributed by atoms with Crippen molar-refractivity contribution >= 4 is 28.3 Å². The molecular formula is C28H32HfN2O2Si2. The van der Waals surface area contributed by atoms with Crippen molar-refractivity contribution in [2.24, 2.45) is 0 Å². The van der Waals surface area contributed by atoms with Gasteiger partial charge in [-0.3, -0.25) is 0 Å². The Kier molecular flexibility index (Phi) is 7.88. The van der Waals surface area contributed by atoms with E-state index >= 15 is 0 Å². The van der Waals surface area contributed by atoms with Gasteiger partial charge in [-0.2, -0.15) is 0 Å². The fraction of sp³-hybridized carbons (Fsp3) is 0.214. The van der Waals surface area contributed by atoms with Crippen LogP contribution in [0.15, 0.2) is 102 Å². The molecule has 178 valence electrons. The SMILES string of the molecule is C[Si](C)(NC(=O)c1ccccc1)C1=[C]([Hf][C]2=C([Si](C)(C)NC(=O)c3ccccc3)C=CC2)CC=C1. The van der Waals surface area contributed by atoms with Crippen LogP contribution >= 0.6 is 0 Å². The van der Waals surface area contributed by atoms with Crippen molar-refractivity contribution in [1.82, 2.24) is 9.96 Å². The Balaban J connectivity index is 1.54. The molecule has 4 rings (SSSR count). The van der Waals surface area contributed by atoms with Crippen molar-refractivity contribution < 1.29 is 32.5 Å². The van der Waals surface area contributed by atoms with Crippen LogP contribution in [0.25, 0.3) is 0 Å². The molecule has 2 N–H and O–H groups in total. The molecule has 35 heavy (non-hydrogen) atoms. The minimum atomic E-state index is -2.15. The van der Waals surface area contributed by atoms with Crippen LogP contribution in [0, 0.1) is 0 Å². The zero-order valence-corrected chi connectivity index (χ0v) is 26.4. The number of benzene rings is 2. The van der Waals surface area contributed by atoms with Crippen LogP contribution in [0.4, 0.5) is 0 Å². The number of carbonyl (C=O) groups excluding carboxylic acids is 2. The third kappa shape index (κ3) is 6.08. The van der Waals surface area contributed by atoms with Gasteiger partial charge in [-0.1, -0.05) is 0 Å². The molecule has 0 spiro atoms. The molecule has 7 heteroatoms. The van der Waals surface area contributed by atoms with Gasteiger partial charge in [-0.25, -0.2) is 0 Å². The zero-order valence-electron chi connectivity index (χ0n) is 20.8. The second-order valence-corrected chi connectivity index (χ2v) is 23.3. The van der Waals surface area contributed by atoms with E-state index in [0.29, 0.717) is 11.1 Å². The third-order valence-electron chi connectivity index (χ3n) is 6.44. The molecule has 0 aromatic heterocycles. The second-order valence-electron chi connectivity index (χ2n) is 10.0. The Labute approximate surface area is 221 Å². The molecule has 0 radical (unpaired) electrons. The maximum atomic E-state index is 12.9. The first kappa shape index (κ1) is 25.7. The van der Waals surface area contributed by atoms with Gasteiger partial charge in [0.15, 0.2) is 0 Å². The molecule has 2 aliphatic carbocycles. The van der Waals surface area contributed by atoms with Crippen LogP contribution in [0.3, 0.4) is 0 Å². The van der Waals surface area contributed by atoms with Gasteiger partial charge >= 0.3 is 223 Å². The number of allylic oxidation sites excluding steroid dienone is 8. The van der Waals surface area contributed by atoms with E-state index in [4.69, 9.17) is 0 Å². The summed E-state index contributed by atoms with van der Waals surface area (Å²) in [6, 6.07) is 19.0. The van der Waals surface area contributed by atoms with E-state index in [0.717, 1.165) is 12.8 Å². The number of carbonyl (C=O) groups is 2. The third-order valence-corrected chi connectivity index (χ3v) is 19.1. The van der Waals surface area contributed by atoms with Crippen LogP contribution in [-0.4, -0.2) is 28.3 Å². The summed E-state index contributed by atoms with van der Waals surface area (Å²) in [6.07, 6.45) is 11.1. The standard InChI is InChI=1S/2C14H16NOSi.Hf/c2*1-17(2,13-10-6-7-11-13)15-14(16)12-8-4-3-5-9-12;/h2*3-6,8-10H,7H2,1-2H3,(H,15,16);. The fourth-order valence-electron chi connectivity index (χ4n) is 4.63. The summed E-state index contributed by atoms with van der Waals surface area (Å²) in [4.78, 5) is 32.6. The van der Waals surface area contributed by atoms with E-state index in [9.17, 15) is 9.59 Å². The second kappa shape index (κ2) is 10.7. The van der Waals surface area contributed by atoms with E-state index in [-0.39, 0.29) is 11.8 Å². The number of nitrogens with one attached hydrogen (secondary N) is 2. The quantitative estimate of drug-likeness (QED) is 0.349. The first-order valence-corrected chi connectivity index (χ1v) is 21.6. The van der Waals surface area contributed by atoms with Crippen molar-refractivity contribution in [3.63, 3.8) is 0 Å². The van der Waals surface area contributed by atoms with Gasteiger partial charge in [-0.05, 0) is 0 Å². The van der Waals surface area contributed by atoms with Crippen molar-refractivity contribution in [2.75, 3.05) is 0 Å². The fourth-order valence-corrected chi connectivity index (χ4v) is 21.3. The van der Waals surface area contributed by atoms with Gasteiger partial charge in [0.1, 0.15) is 0 Å². The molecule has 0 saturated heterocycles. The Morgan fingerprint density at radius 1 is 0.657 bits per heavy atom. The number of hydrogen-bond acceptors (Lipinski definition) is 2. The van der Waals surface area contributed by atoms with Crippen molar-refractivity contribution in [3.8, 4) is 0 Å². The molecule has 0 atom stereocenters. The number of rotatable bonds is 8. The summed E-state index contributed by atoms with van der Waals surface area (Å²) in [5.74, 6) is 0.0321. The summed E-state index contributed by atoms with van der Waals surface area (Å²) in [6.45, 7) is 8.96. The molecule has 2 amide bonds. The molecule has 2 aromatic rings. The first-order valence-electron chi connectivity index (χ1n) is 12.0. The maximum absolute atomic E-state index is 12.9. The number of amides is 2. The Bertz CT molecular complexity index is 1150. The molecule has 0 saturated carbocycles. The Morgan fingerprint density at radius 3 is 1.40 bits per heavy atom. The molecule has 4 nitrogen and oxygen atoms in total. The van der Waals surface area contributed by atoms with Crippen LogP contribution in [-0.2, 0) is 22.9 Å². The summed E-state index contributed by atoms with van der Waals surface area (Å²) in [5, 5.41) is 2.80. The summed E-state index contributed by atoms with van der Waals surface area (Å²) in [5.41, 5.74) is 1.43. The van der Waals surface area contributed by atoms with Gasteiger partial charge in [0.2, 0.25) is 0 Å². The Morgan fingerprint density at radius 2 is 1.03 bits per heavy atom. The van der Waals surface area contributed by atoms with Crippen LogP contribution in [0.5, 0.6) is 0 Å². The molecule has 2 aliphatic rings. The van der Waals surface area contributed by atoms with Crippen molar-refractivity contribution in [3.05, 3.63) is 113 Å². The normalized spacial score (nSPS) is 15.5. The van der Waals surface area contributed by atoms with Crippen LogP contribution < -0.4 is 9.96 Å². The van der Waals surface area contributed by atoms with Gasteiger partial charge in [0.05, 0.1) is 0 Å². The molecule has 0 fully saturated rings. The molecule has 0 heterocycles. The van der Waals surface area contributed by atoms with E-state index in [2.05, 4.69) is 60.5 Å². The van der Waals surface area contributed by atoms with Gasteiger partial charge in [-0.15, -0.1) is 0 Å². The zero-order chi connectivity index (χ0) is 25.1. The first-order chi connectivity index (χ1) is 16.7. The van der Waals surface area contributed by atoms with Crippen molar-refractivity contribution in [2.45, 2.75) is 39.0 Å². The van der Waals surface area contributed by atoms with E-state index in [1.807, 2.05) is 60.7 Å². The molecule has 2 aromatic carbocycles. The molecule has 0 bridgehead atoms. The average Bonchev–Trinajstić information content (AvgIpc) is 3.50. The van der Waals surface area contributed by atoms with Gasteiger partial charge in [0.25, 0.3) is 0 Å². The Hall–Kier alpha value is -2.36. The van der Waals surface area contributed by atoms with E-state index in [1.54, 1.807) is 6.66 Å². The molecule has 0 unspecified atom stereocenters. The average molecular weight is 663 g/mol. The van der Waals surface area contributed by atoms with Gasteiger partial charge in [0, 0.05) is 0 Å². The predicted molar refractivity (Wildman–Crippen MR) is 144 cm³/mol. The monoisotopic (exact) mass is 664 g/mol. The van der Waals surface area contributed by atoms with E-state index in [1.165, 1.54) is 10.4 Å². The van der Waals surface area contributed by atoms with Crippen LogP contribution in [0.2, 0.25) is 26.2 Å². The predicted octanol–water partition coefficient (Wildman–Crippen LogP) is 5.85. The summed E-state index contributed by atoms with van der Waals surface area (Å²) in [7, 11) is -4.30.